The first-order valence-corrected chi connectivity index (χ1v) is 6.73. The fourth-order valence-electron chi connectivity index (χ4n) is 2.53. The Balaban J connectivity index is 2.24. The Bertz CT molecular complexity index is 528. The highest BCUT2D eigenvalue weighted by Gasteiger charge is 2.34. The minimum atomic E-state index is -0.421. The average Bonchev–Trinajstić information content (AvgIpc) is 2.80. The summed E-state index contributed by atoms with van der Waals surface area (Å²) in [4.78, 5) is 12.4. The van der Waals surface area contributed by atoms with Gasteiger partial charge in [-0.1, -0.05) is 43.4 Å². The van der Waals surface area contributed by atoms with Crippen LogP contribution in [0.15, 0.2) is 42.5 Å². The van der Waals surface area contributed by atoms with Crippen LogP contribution in [-0.2, 0) is 4.74 Å². The van der Waals surface area contributed by atoms with Crippen LogP contribution in [0.2, 0.25) is 0 Å². The molecule has 2 heteroatoms. The number of hydrogen-bond donors (Lipinski definition) is 0. The molecule has 0 spiro atoms. The van der Waals surface area contributed by atoms with Gasteiger partial charge in [0.05, 0.1) is 5.56 Å². The summed E-state index contributed by atoms with van der Waals surface area (Å²) in [6.45, 7) is 7.88. The van der Waals surface area contributed by atoms with E-state index in [9.17, 15) is 4.79 Å². The second kappa shape index (κ2) is 5.43. The summed E-state index contributed by atoms with van der Waals surface area (Å²) in [7, 11) is 0. The van der Waals surface area contributed by atoms with Crippen molar-refractivity contribution in [1.29, 1.82) is 0 Å². The topological polar surface area (TPSA) is 26.3 Å². The minimum absolute atomic E-state index is 0.261. The molecule has 0 radical (unpaired) electrons. The van der Waals surface area contributed by atoms with E-state index in [1.165, 1.54) is 5.57 Å². The molecule has 0 fully saturated rings. The van der Waals surface area contributed by atoms with E-state index in [1.54, 1.807) is 12.1 Å². The summed E-state index contributed by atoms with van der Waals surface area (Å²) < 4.78 is 5.78. The zero-order chi connectivity index (χ0) is 13.9. The van der Waals surface area contributed by atoms with Gasteiger partial charge in [0.25, 0.3) is 0 Å². The minimum Gasteiger partial charge on any atom is -0.451 e. The molecule has 0 aliphatic heterocycles. The predicted molar refractivity (Wildman–Crippen MR) is 78.0 cm³/mol. The maximum absolute atomic E-state index is 12.4. The second-order valence-corrected chi connectivity index (χ2v) is 5.09. The van der Waals surface area contributed by atoms with Gasteiger partial charge in [0.15, 0.2) is 0 Å². The van der Waals surface area contributed by atoms with Gasteiger partial charge in [0, 0.05) is 0 Å². The van der Waals surface area contributed by atoms with Crippen LogP contribution in [0.3, 0.4) is 0 Å². The van der Waals surface area contributed by atoms with Crippen LogP contribution in [0.4, 0.5) is 0 Å². The quantitative estimate of drug-likeness (QED) is 0.590. The number of carbonyl (C=O) groups is 1. The Morgan fingerprint density at radius 2 is 2.21 bits per heavy atom. The molecule has 0 N–H and O–H groups in total. The molecule has 2 nitrogen and oxygen atoms in total. The Labute approximate surface area is 114 Å². The van der Waals surface area contributed by atoms with Crippen LogP contribution in [-0.4, -0.2) is 11.6 Å². The molecule has 2 rings (SSSR count). The van der Waals surface area contributed by atoms with Crippen LogP contribution in [0.1, 0.15) is 49.0 Å². The molecule has 19 heavy (non-hydrogen) atoms. The van der Waals surface area contributed by atoms with Gasteiger partial charge in [-0.3, -0.25) is 0 Å². The molecule has 0 amide bonds. The Morgan fingerprint density at radius 3 is 2.79 bits per heavy atom. The molecular weight excluding hydrogens is 236 g/mol. The number of carbonyl (C=O) groups excluding carboxylic acids is 1. The summed E-state index contributed by atoms with van der Waals surface area (Å²) in [5.41, 5.74) is 2.28. The Morgan fingerprint density at radius 1 is 1.47 bits per heavy atom. The van der Waals surface area contributed by atoms with Crippen LogP contribution in [0, 0.1) is 0 Å². The lowest BCUT2D eigenvalue weighted by Crippen LogP contribution is -2.30. The second-order valence-electron chi connectivity index (χ2n) is 5.09. The summed E-state index contributed by atoms with van der Waals surface area (Å²) in [5.74, 6) is -0.261. The van der Waals surface area contributed by atoms with Crippen molar-refractivity contribution in [1.82, 2.24) is 0 Å². The fraction of sp³-hybridized carbons (Fsp3) is 0.353. The van der Waals surface area contributed by atoms with Gasteiger partial charge in [0.1, 0.15) is 5.60 Å². The van der Waals surface area contributed by atoms with Crippen molar-refractivity contribution in [2.75, 3.05) is 0 Å². The maximum atomic E-state index is 12.4. The van der Waals surface area contributed by atoms with Crippen molar-refractivity contribution in [3.05, 3.63) is 53.6 Å². The molecule has 100 valence electrons. The molecular formula is C17H20O2. The van der Waals surface area contributed by atoms with E-state index in [-0.39, 0.29) is 5.97 Å². The standard InChI is InChI=1S/C17H20O2/c1-4-14-8-6-7-9-15(14)16(18)19-17(5-2)11-10-13(3)12-17/h4,6-9,12H,1,5,10-11H2,2-3H3. The van der Waals surface area contributed by atoms with Crippen LogP contribution in [0.5, 0.6) is 0 Å². The van der Waals surface area contributed by atoms with Crippen LogP contribution < -0.4 is 0 Å². The lowest BCUT2D eigenvalue weighted by molar-refractivity contribution is 0.00231. The summed E-state index contributed by atoms with van der Waals surface area (Å²) >= 11 is 0. The van der Waals surface area contributed by atoms with E-state index in [4.69, 9.17) is 4.74 Å². The van der Waals surface area contributed by atoms with Gasteiger partial charge in [-0.15, -0.1) is 0 Å². The van der Waals surface area contributed by atoms with Gasteiger partial charge in [-0.05, 0) is 43.9 Å². The molecule has 0 saturated carbocycles. The highest BCUT2D eigenvalue weighted by molar-refractivity contribution is 5.93. The van der Waals surface area contributed by atoms with E-state index in [0.717, 1.165) is 24.8 Å². The SMILES string of the molecule is C=Cc1ccccc1C(=O)OC1(CC)C=C(C)CC1. The number of ether oxygens (including phenoxy) is 1. The molecule has 1 aliphatic rings. The van der Waals surface area contributed by atoms with Crippen molar-refractivity contribution in [3.8, 4) is 0 Å². The van der Waals surface area contributed by atoms with Gasteiger partial charge in [0.2, 0.25) is 0 Å². The number of benzene rings is 1. The monoisotopic (exact) mass is 256 g/mol. The fourth-order valence-corrected chi connectivity index (χ4v) is 2.53. The zero-order valence-corrected chi connectivity index (χ0v) is 11.6. The lowest BCUT2D eigenvalue weighted by atomic mass is 9.99. The van der Waals surface area contributed by atoms with Crippen molar-refractivity contribution in [2.24, 2.45) is 0 Å². The molecule has 1 aromatic carbocycles. The Kier molecular flexibility index (Phi) is 3.89. The first-order valence-electron chi connectivity index (χ1n) is 6.73. The van der Waals surface area contributed by atoms with E-state index in [0.29, 0.717) is 5.56 Å². The first-order chi connectivity index (χ1) is 9.10. The van der Waals surface area contributed by atoms with E-state index in [1.807, 2.05) is 18.2 Å². The maximum Gasteiger partial charge on any atom is 0.339 e. The molecule has 0 saturated heterocycles. The molecule has 1 unspecified atom stereocenters. The van der Waals surface area contributed by atoms with E-state index in [2.05, 4.69) is 26.5 Å². The molecule has 0 bridgehead atoms. The number of hydrogen-bond acceptors (Lipinski definition) is 2. The van der Waals surface area contributed by atoms with Crippen molar-refractivity contribution in [3.63, 3.8) is 0 Å². The molecule has 1 aromatic rings. The van der Waals surface area contributed by atoms with Crippen molar-refractivity contribution in [2.45, 2.75) is 38.7 Å². The van der Waals surface area contributed by atoms with Gasteiger partial charge < -0.3 is 4.74 Å². The first kappa shape index (κ1) is 13.6. The molecule has 0 aromatic heterocycles. The van der Waals surface area contributed by atoms with Crippen LogP contribution >= 0.6 is 0 Å². The van der Waals surface area contributed by atoms with Crippen LogP contribution in [0.25, 0.3) is 6.08 Å². The predicted octanol–water partition coefficient (Wildman–Crippen LogP) is 4.38. The van der Waals surface area contributed by atoms with Crippen molar-refractivity contribution < 1.29 is 9.53 Å². The third-order valence-corrected chi connectivity index (χ3v) is 3.75. The summed E-state index contributed by atoms with van der Waals surface area (Å²) in [6.07, 6.45) is 6.49. The molecule has 0 heterocycles. The normalized spacial score (nSPS) is 21.9. The zero-order valence-electron chi connectivity index (χ0n) is 11.6. The number of allylic oxidation sites excluding steroid dienone is 1. The van der Waals surface area contributed by atoms with E-state index >= 15 is 0 Å². The highest BCUT2D eigenvalue weighted by Crippen LogP contribution is 2.35. The molecule has 1 aliphatic carbocycles. The van der Waals surface area contributed by atoms with Gasteiger partial charge in [-0.2, -0.15) is 0 Å². The number of esters is 1. The molecule has 1 atom stereocenters. The average molecular weight is 256 g/mol. The largest absolute Gasteiger partial charge is 0.451 e. The lowest BCUT2D eigenvalue weighted by Gasteiger charge is -2.26. The highest BCUT2D eigenvalue weighted by atomic mass is 16.6. The Hall–Kier alpha value is -1.83. The van der Waals surface area contributed by atoms with Gasteiger partial charge >= 0.3 is 5.97 Å². The smallest absolute Gasteiger partial charge is 0.339 e. The summed E-state index contributed by atoms with van der Waals surface area (Å²) in [5, 5.41) is 0. The van der Waals surface area contributed by atoms with Crippen molar-refractivity contribution >= 4 is 12.0 Å². The van der Waals surface area contributed by atoms with Gasteiger partial charge in [-0.25, -0.2) is 4.79 Å². The number of rotatable bonds is 4. The third-order valence-electron chi connectivity index (χ3n) is 3.75. The van der Waals surface area contributed by atoms with E-state index < -0.39 is 5.60 Å². The summed E-state index contributed by atoms with van der Waals surface area (Å²) in [6, 6.07) is 7.40. The third kappa shape index (κ3) is 2.78.